The number of nitrogens with one attached hydrogen (secondary N) is 4. The fraction of sp³-hybridized carbons (Fsp3) is 0.528. The van der Waals surface area contributed by atoms with E-state index in [1.807, 2.05) is 36.6 Å². The van der Waals surface area contributed by atoms with Gasteiger partial charge in [0.2, 0.25) is 23.6 Å². The predicted octanol–water partition coefficient (Wildman–Crippen LogP) is 1.88. The van der Waals surface area contributed by atoms with Crippen LogP contribution in [0, 0.1) is 17.3 Å². The van der Waals surface area contributed by atoms with Gasteiger partial charge in [-0.3, -0.25) is 24.0 Å². The maximum atomic E-state index is 13.9. The third-order valence-electron chi connectivity index (χ3n) is 10.2. The zero-order chi connectivity index (χ0) is 35.2. The Kier molecular flexibility index (Phi) is 11.5. The van der Waals surface area contributed by atoms with Gasteiger partial charge in [0.25, 0.3) is 0 Å². The first-order valence-electron chi connectivity index (χ1n) is 16.9. The molecule has 2 aromatic rings. The number of hydrogen-bond acceptors (Lipinski definition) is 8. The van der Waals surface area contributed by atoms with Crippen LogP contribution in [0.25, 0.3) is 0 Å². The van der Waals surface area contributed by atoms with Crippen LogP contribution >= 0.6 is 11.8 Å². The number of benzene rings is 2. The van der Waals surface area contributed by atoms with Crippen molar-refractivity contribution in [2.24, 2.45) is 23.0 Å². The van der Waals surface area contributed by atoms with E-state index in [4.69, 9.17) is 5.73 Å². The van der Waals surface area contributed by atoms with Crippen molar-refractivity contribution in [3.63, 3.8) is 0 Å². The minimum atomic E-state index is -0.953. The number of carboxylic acids is 1. The van der Waals surface area contributed by atoms with E-state index in [0.717, 1.165) is 30.4 Å². The molecule has 5 atom stereocenters. The second-order valence-corrected chi connectivity index (χ2v) is 15.1. The van der Waals surface area contributed by atoms with Crippen LogP contribution in [0.1, 0.15) is 56.1 Å². The molecule has 0 aliphatic heterocycles. The predicted molar refractivity (Wildman–Crippen MR) is 185 cm³/mol. The van der Waals surface area contributed by atoms with Crippen LogP contribution in [0.3, 0.4) is 0 Å². The van der Waals surface area contributed by atoms with Gasteiger partial charge in [0.15, 0.2) is 0 Å². The van der Waals surface area contributed by atoms with Crippen molar-refractivity contribution >= 4 is 41.4 Å². The summed E-state index contributed by atoms with van der Waals surface area (Å²) < 4.78 is 0. The van der Waals surface area contributed by atoms with Crippen LogP contribution in [0.4, 0.5) is 0 Å². The normalized spacial score (nSPS) is 25.4. The van der Waals surface area contributed by atoms with E-state index >= 15 is 0 Å². The lowest BCUT2D eigenvalue weighted by Gasteiger charge is -2.60. The number of carbonyl (C=O) groups excluding carboxylic acids is 4. The Morgan fingerprint density at radius 3 is 2.14 bits per heavy atom. The van der Waals surface area contributed by atoms with E-state index in [2.05, 4.69) is 21.3 Å². The molecule has 0 heterocycles. The Morgan fingerprint density at radius 2 is 1.51 bits per heavy atom. The maximum Gasteiger partial charge on any atom is 0.309 e. The molecule has 8 N–H and O–H groups in total. The monoisotopic (exact) mass is 693 g/mol. The summed E-state index contributed by atoms with van der Waals surface area (Å²) in [5.41, 5.74) is 6.26. The summed E-state index contributed by atoms with van der Waals surface area (Å²) in [6.07, 6.45) is 6.73. The molecule has 0 radical (unpaired) electrons. The zero-order valence-corrected chi connectivity index (χ0v) is 28.6. The Morgan fingerprint density at radius 1 is 0.857 bits per heavy atom. The molecule has 2 aromatic carbocycles. The van der Waals surface area contributed by atoms with Gasteiger partial charge < -0.3 is 37.2 Å². The smallest absolute Gasteiger partial charge is 0.309 e. The SMILES string of the molecule is CSCC[C@@H](NC(=O)[C@@H](N)Cc1ccc(O)cc1)C(=O)NCC(=O)N[C@@H](Cc1ccccc1)C(=O)NC12CC3CC(C1)CC(C(=O)O)(C3)C2. The van der Waals surface area contributed by atoms with Gasteiger partial charge in [-0.15, -0.1) is 0 Å². The molecule has 264 valence electrons. The van der Waals surface area contributed by atoms with Crippen LogP contribution < -0.4 is 27.0 Å². The van der Waals surface area contributed by atoms with Crippen molar-refractivity contribution in [1.82, 2.24) is 21.3 Å². The van der Waals surface area contributed by atoms with Gasteiger partial charge in [-0.1, -0.05) is 42.5 Å². The van der Waals surface area contributed by atoms with Crippen LogP contribution in [0.2, 0.25) is 0 Å². The van der Waals surface area contributed by atoms with Gasteiger partial charge in [0, 0.05) is 12.0 Å². The number of amides is 4. The molecule has 2 unspecified atom stereocenters. The summed E-state index contributed by atoms with van der Waals surface area (Å²) in [5, 5.41) is 31.0. The van der Waals surface area contributed by atoms with Crippen LogP contribution in [-0.4, -0.2) is 82.0 Å². The lowest BCUT2D eigenvalue weighted by Crippen LogP contribution is -2.66. The van der Waals surface area contributed by atoms with E-state index in [9.17, 15) is 34.2 Å². The third kappa shape index (κ3) is 9.13. The Labute approximate surface area is 290 Å². The first kappa shape index (κ1) is 36.2. The molecule has 0 saturated heterocycles. The Bertz CT molecular complexity index is 1510. The van der Waals surface area contributed by atoms with Gasteiger partial charge in [0.1, 0.15) is 17.8 Å². The lowest BCUT2D eigenvalue weighted by molar-refractivity contribution is -0.170. The number of carbonyl (C=O) groups is 5. The number of thioether (sulfide) groups is 1. The van der Waals surface area contributed by atoms with Crippen LogP contribution in [0.5, 0.6) is 5.75 Å². The average molecular weight is 694 g/mol. The second-order valence-electron chi connectivity index (χ2n) is 14.2. The highest BCUT2D eigenvalue weighted by molar-refractivity contribution is 7.98. The van der Waals surface area contributed by atoms with Crippen molar-refractivity contribution < 1.29 is 34.2 Å². The Hall–Kier alpha value is -4.10. The van der Waals surface area contributed by atoms with Crippen molar-refractivity contribution in [2.45, 2.75) is 81.5 Å². The number of aliphatic carboxylic acids is 1. The quantitative estimate of drug-likeness (QED) is 0.137. The molecule has 13 heteroatoms. The fourth-order valence-corrected chi connectivity index (χ4v) is 8.84. The highest BCUT2D eigenvalue weighted by atomic mass is 32.2. The molecule has 4 aliphatic carbocycles. The van der Waals surface area contributed by atoms with E-state index in [1.165, 1.54) is 23.9 Å². The average Bonchev–Trinajstić information content (AvgIpc) is 3.05. The molecule has 12 nitrogen and oxygen atoms in total. The van der Waals surface area contributed by atoms with E-state index < -0.39 is 59.3 Å². The molecule has 4 bridgehead atoms. The summed E-state index contributed by atoms with van der Waals surface area (Å²) in [4.78, 5) is 65.6. The topological polar surface area (TPSA) is 200 Å². The van der Waals surface area contributed by atoms with Crippen LogP contribution in [-0.2, 0) is 36.8 Å². The highest BCUT2D eigenvalue weighted by Gasteiger charge is 2.61. The van der Waals surface area contributed by atoms with Gasteiger partial charge in [-0.25, -0.2) is 0 Å². The number of nitrogens with two attached hydrogens (primary N) is 1. The number of phenolic OH excluding ortho intramolecular Hbond substituents is 1. The van der Waals surface area contributed by atoms with Crippen LogP contribution in [0.15, 0.2) is 54.6 Å². The number of aromatic hydroxyl groups is 1. The fourth-order valence-electron chi connectivity index (χ4n) is 8.36. The molecule has 4 saturated carbocycles. The molecule has 4 fully saturated rings. The summed E-state index contributed by atoms with van der Waals surface area (Å²) in [6, 6.07) is 12.8. The zero-order valence-electron chi connectivity index (χ0n) is 27.8. The number of hydrogen-bond donors (Lipinski definition) is 7. The van der Waals surface area contributed by atoms with E-state index in [1.54, 1.807) is 12.1 Å². The van der Waals surface area contributed by atoms with E-state index in [-0.39, 0.29) is 36.3 Å². The van der Waals surface area contributed by atoms with Gasteiger partial charge >= 0.3 is 5.97 Å². The molecule has 6 rings (SSSR count). The first-order chi connectivity index (χ1) is 23.4. The molecule has 4 amide bonds. The van der Waals surface area contributed by atoms with E-state index in [0.29, 0.717) is 31.4 Å². The molecule has 0 aromatic heterocycles. The Balaban J connectivity index is 1.20. The van der Waals surface area contributed by atoms with Crippen molar-refractivity contribution in [3.05, 3.63) is 65.7 Å². The maximum absolute atomic E-state index is 13.9. The van der Waals surface area contributed by atoms with Gasteiger partial charge in [-0.05, 0) is 98.5 Å². The molecular formula is C36H47N5O7S. The van der Waals surface area contributed by atoms with Gasteiger partial charge in [0.05, 0.1) is 18.0 Å². The van der Waals surface area contributed by atoms with Crippen molar-refractivity contribution in [2.75, 3.05) is 18.6 Å². The summed E-state index contributed by atoms with van der Waals surface area (Å²) in [5.74, 6) is -1.65. The van der Waals surface area contributed by atoms with Crippen molar-refractivity contribution in [3.8, 4) is 5.75 Å². The number of rotatable bonds is 16. The number of phenols is 1. The molecule has 49 heavy (non-hydrogen) atoms. The minimum absolute atomic E-state index is 0.0999. The summed E-state index contributed by atoms with van der Waals surface area (Å²) in [6.45, 7) is -0.417. The number of carboxylic acid groups (broad SMARTS) is 1. The standard InChI is InChI=1S/C36H47N5O7S/c1-49-12-11-28(40-31(44)27(37)14-23-7-9-26(42)10-8-23)32(45)38-20-30(43)39-29(15-22-5-3-2-4-6-22)33(46)41-36-18-24-13-25(19-36)17-35(16-24,21-36)34(47)48/h2-10,24-25,27-29,42H,11-21,37H2,1H3,(H,38,45)(H,39,43)(H,40,44)(H,41,46)(H,47,48)/t24?,25?,27-,28+,29-,35?,36?/m0/s1. The minimum Gasteiger partial charge on any atom is -0.508 e. The molecule has 4 aliphatic rings. The largest absolute Gasteiger partial charge is 0.508 e. The first-order valence-corrected chi connectivity index (χ1v) is 18.3. The third-order valence-corrected chi connectivity index (χ3v) is 10.9. The second kappa shape index (κ2) is 15.6. The van der Waals surface area contributed by atoms with Crippen molar-refractivity contribution in [1.29, 1.82) is 0 Å². The molecule has 0 spiro atoms. The highest BCUT2D eigenvalue weighted by Crippen LogP contribution is 2.61. The molecular weight excluding hydrogens is 646 g/mol. The lowest BCUT2D eigenvalue weighted by atomic mass is 9.47. The van der Waals surface area contributed by atoms with Gasteiger partial charge in [-0.2, -0.15) is 11.8 Å². The summed E-state index contributed by atoms with van der Waals surface area (Å²) in [7, 11) is 0. The summed E-state index contributed by atoms with van der Waals surface area (Å²) >= 11 is 1.51.